The van der Waals surface area contributed by atoms with Gasteiger partial charge in [-0.05, 0) is 39.5 Å². The quantitative estimate of drug-likeness (QED) is 0.368. The minimum Gasteiger partial charge on any atom is -0.464 e. The van der Waals surface area contributed by atoms with Gasteiger partial charge in [0.15, 0.2) is 0 Å². The molecule has 1 heterocycles. The first-order valence-electron chi connectivity index (χ1n) is 8.92. The molecule has 5 heteroatoms. The number of nitrogens with zero attached hydrogens (tertiary/aromatic N) is 1. The molecule has 2 unspecified atom stereocenters. The van der Waals surface area contributed by atoms with E-state index in [0.717, 1.165) is 25.7 Å². The molecule has 1 aliphatic heterocycles. The number of likely N-dealkylation sites (tertiary alicyclic amines) is 1. The van der Waals surface area contributed by atoms with Gasteiger partial charge in [-0.1, -0.05) is 32.6 Å². The Labute approximate surface area is 146 Å². The molecule has 0 aromatic rings. The van der Waals surface area contributed by atoms with Crippen LogP contribution in [0.25, 0.3) is 0 Å². The van der Waals surface area contributed by atoms with Crippen LogP contribution < -0.4 is 0 Å². The van der Waals surface area contributed by atoms with E-state index in [0.29, 0.717) is 26.1 Å². The summed E-state index contributed by atoms with van der Waals surface area (Å²) in [6.45, 7) is 8.70. The smallest absolute Gasteiger partial charge is 0.326 e. The Bertz CT molecular complexity index is 448. The van der Waals surface area contributed by atoms with Crippen LogP contribution in [0.3, 0.4) is 0 Å². The van der Waals surface area contributed by atoms with Gasteiger partial charge in [0.25, 0.3) is 0 Å². The van der Waals surface area contributed by atoms with Gasteiger partial charge in [0, 0.05) is 0 Å². The summed E-state index contributed by atoms with van der Waals surface area (Å²) in [5.41, 5.74) is -1.78. The van der Waals surface area contributed by atoms with E-state index in [4.69, 9.17) is 15.9 Å². The third kappa shape index (κ3) is 4.30. The summed E-state index contributed by atoms with van der Waals surface area (Å²) in [6.07, 6.45) is 10.1. The number of ether oxygens (including phenoxy) is 2. The predicted molar refractivity (Wildman–Crippen MR) is 93.3 cm³/mol. The highest BCUT2D eigenvalue weighted by Crippen LogP contribution is 2.42. The van der Waals surface area contributed by atoms with Crippen molar-refractivity contribution in [1.29, 1.82) is 0 Å². The topological polar surface area (TPSA) is 55.8 Å². The lowest BCUT2D eigenvalue weighted by molar-refractivity contribution is -0.165. The summed E-state index contributed by atoms with van der Waals surface area (Å²) < 4.78 is 10.8. The molecule has 1 aliphatic rings. The highest BCUT2D eigenvalue weighted by Gasteiger charge is 2.58. The number of unbranched alkanes of at least 4 members (excludes halogenated alkanes) is 2. The summed E-state index contributed by atoms with van der Waals surface area (Å²) in [6, 6.07) is 0. The van der Waals surface area contributed by atoms with Crippen LogP contribution in [0.15, 0.2) is 0 Å². The van der Waals surface area contributed by atoms with Crippen LogP contribution in [0.2, 0.25) is 0 Å². The van der Waals surface area contributed by atoms with Crippen molar-refractivity contribution in [3.05, 3.63) is 0 Å². The lowest BCUT2D eigenvalue weighted by Gasteiger charge is -2.39. The molecule has 0 aromatic heterocycles. The molecule has 1 saturated heterocycles. The molecule has 0 N–H and O–H groups in total. The van der Waals surface area contributed by atoms with Gasteiger partial charge in [-0.15, -0.1) is 6.42 Å². The van der Waals surface area contributed by atoms with E-state index in [-0.39, 0.29) is 18.5 Å². The van der Waals surface area contributed by atoms with Gasteiger partial charge in [-0.2, -0.15) is 0 Å². The molecule has 0 amide bonds. The maximum absolute atomic E-state index is 12.6. The number of rotatable bonds is 9. The fourth-order valence-corrected chi connectivity index (χ4v) is 3.10. The maximum atomic E-state index is 12.6. The molecule has 0 bridgehead atoms. The third-order valence-electron chi connectivity index (χ3n) is 4.88. The van der Waals surface area contributed by atoms with Crippen LogP contribution in [0.5, 0.6) is 0 Å². The number of hydrogen-bond acceptors (Lipinski definition) is 5. The van der Waals surface area contributed by atoms with Crippen molar-refractivity contribution < 1.29 is 19.1 Å². The first-order valence-corrected chi connectivity index (χ1v) is 8.92. The van der Waals surface area contributed by atoms with E-state index in [9.17, 15) is 9.59 Å². The molecule has 0 spiro atoms. The van der Waals surface area contributed by atoms with E-state index in [1.165, 1.54) is 0 Å². The van der Waals surface area contributed by atoms with Crippen LogP contribution in [0.1, 0.15) is 66.2 Å². The summed E-state index contributed by atoms with van der Waals surface area (Å²) in [5, 5.41) is 0. The zero-order valence-corrected chi connectivity index (χ0v) is 15.5. The van der Waals surface area contributed by atoms with Crippen molar-refractivity contribution in [1.82, 2.24) is 4.90 Å². The van der Waals surface area contributed by atoms with Gasteiger partial charge in [0.2, 0.25) is 0 Å². The largest absolute Gasteiger partial charge is 0.464 e. The maximum Gasteiger partial charge on any atom is 0.326 e. The van der Waals surface area contributed by atoms with Crippen LogP contribution in [0.4, 0.5) is 0 Å². The normalized spacial score (nSPS) is 26.8. The standard InChI is InChI=1S/C19H31NO4/c1-6-9-14-23-16(21)18(4)11-12-19(5,20(18)13-8-3)17(22)24-15-10-7-2/h3H,6-7,9-15H2,1-2,4-5H3. The van der Waals surface area contributed by atoms with Crippen molar-refractivity contribution in [2.75, 3.05) is 19.8 Å². The molecule has 5 nitrogen and oxygen atoms in total. The highest BCUT2D eigenvalue weighted by atomic mass is 16.5. The van der Waals surface area contributed by atoms with Crippen LogP contribution >= 0.6 is 0 Å². The monoisotopic (exact) mass is 337 g/mol. The minimum atomic E-state index is -0.890. The minimum absolute atomic E-state index is 0.207. The van der Waals surface area contributed by atoms with E-state index in [2.05, 4.69) is 5.92 Å². The van der Waals surface area contributed by atoms with Crippen molar-refractivity contribution in [2.45, 2.75) is 77.3 Å². The highest BCUT2D eigenvalue weighted by molar-refractivity contribution is 5.87. The average molecular weight is 337 g/mol. The summed E-state index contributed by atoms with van der Waals surface area (Å²) in [4.78, 5) is 27.0. The summed E-state index contributed by atoms with van der Waals surface area (Å²) in [5.74, 6) is 1.96. The number of carbonyl (C=O) groups is 2. The van der Waals surface area contributed by atoms with Crippen molar-refractivity contribution in [3.8, 4) is 12.3 Å². The fraction of sp³-hybridized carbons (Fsp3) is 0.789. The molecule has 0 aromatic carbocycles. The Balaban J connectivity index is 2.91. The van der Waals surface area contributed by atoms with Gasteiger partial charge < -0.3 is 9.47 Å². The molecule has 0 aliphatic carbocycles. The van der Waals surface area contributed by atoms with Crippen molar-refractivity contribution in [2.24, 2.45) is 0 Å². The summed E-state index contributed by atoms with van der Waals surface area (Å²) >= 11 is 0. The van der Waals surface area contributed by atoms with Gasteiger partial charge in [0.1, 0.15) is 11.1 Å². The van der Waals surface area contributed by atoms with Crippen LogP contribution in [0, 0.1) is 12.3 Å². The Morgan fingerprint density at radius 1 is 1.00 bits per heavy atom. The van der Waals surface area contributed by atoms with Gasteiger partial charge >= 0.3 is 11.9 Å². The third-order valence-corrected chi connectivity index (χ3v) is 4.88. The van der Waals surface area contributed by atoms with Crippen LogP contribution in [-0.4, -0.2) is 47.7 Å². The summed E-state index contributed by atoms with van der Waals surface area (Å²) in [7, 11) is 0. The molecule has 0 radical (unpaired) electrons. The van der Waals surface area contributed by atoms with E-state index < -0.39 is 11.1 Å². The number of carbonyl (C=O) groups excluding carboxylic acids is 2. The van der Waals surface area contributed by atoms with Crippen molar-refractivity contribution >= 4 is 11.9 Å². The first kappa shape index (κ1) is 20.5. The molecule has 2 atom stereocenters. The molecule has 136 valence electrons. The predicted octanol–water partition coefficient (Wildman–Crippen LogP) is 2.92. The number of terminal acetylenes is 1. The van der Waals surface area contributed by atoms with E-state index >= 15 is 0 Å². The average Bonchev–Trinajstić information content (AvgIpc) is 2.83. The van der Waals surface area contributed by atoms with E-state index in [1.54, 1.807) is 4.90 Å². The molecule has 24 heavy (non-hydrogen) atoms. The SMILES string of the molecule is C#CCN1C(C)(C(=O)OCCCC)CCC1(C)C(=O)OCCCC. The second kappa shape index (κ2) is 9.08. The second-order valence-corrected chi connectivity index (χ2v) is 6.82. The molecular formula is C19H31NO4. The molecule has 1 fully saturated rings. The number of hydrogen-bond donors (Lipinski definition) is 0. The Kier molecular flexibility index (Phi) is 7.75. The number of esters is 2. The van der Waals surface area contributed by atoms with Gasteiger partial charge in [-0.25, -0.2) is 0 Å². The fourth-order valence-electron chi connectivity index (χ4n) is 3.10. The molecule has 1 rings (SSSR count). The van der Waals surface area contributed by atoms with E-state index in [1.807, 2.05) is 27.7 Å². The Hall–Kier alpha value is -1.54. The Morgan fingerprint density at radius 2 is 1.42 bits per heavy atom. The van der Waals surface area contributed by atoms with Gasteiger partial charge in [-0.3, -0.25) is 14.5 Å². The molecular weight excluding hydrogens is 306 g/mol. The lowest BCUT2D eigenvalue weighted by Crippen LogP contribution is -2.59. The zero-order valence-electron chi connectivity index (χ0n) is 15.5. The Morgan fingerprint density at radius 3 is 1.75 bits per heavy atom. The molecule has 0 saturated carbocycles. The zero-order chi connectivity index (χ0) is 18.2. The second-order valence-electron chi connectivity index (χ2n) is 6.82. The van der Waals surface area contributed by atoms with Crippen molar-refractivity contribution in [3.63, 3.8) is 0 Å². The lowest BCUT2D eigenvalue weighted by atomic mass is 9.98. The van der Waals surface area contributed by atoms with Crippen LogP contribution in [-0.2, 0) is 19.1 Å². The first-order chi connectivity index (χ1) is 11.4. The van der Waals surface area contributed by atoms with Gasteiger partial charge in [0.05, 0.1) is 19.8 Å².